The largest absolute Gasteiger partial charge is 0.289 e. The van der Waals surface area contributed by atoms with Crippen LogP contribution in [0, 0.1) is 0 Å². The lowest BCUT2D eigenvalue weighted by molar-refractivity contribution is 0.103. The Bertz CT molecular complexity index is 1210. The van der Waals surface area contributed by atoms with Gasteiger partial charge in [0.1, 0.15) is 0 Å². The fourth-order valence-electron chi connectivity index (χ4n) is 3.13. The fourth-order valence-corrected chi connectivity index (χ4v) is 3.38. The maximum absolute atomic E-state index is 13.0. The summed E-state index contributed by atoms with van der Waals surface area (Å²) in [5.74, 6) is -0.386. The average Bonchev–Trinajstić information content (AvgIpc) is 2.83. The van der Waals surface area contributed by atoms with E-state index in [1.54, 1.807) is 97.1 Å². The Hall–Kier alpha value is -3.60. The predicted molar refractivity (Wildman–Crippen MR) is 127 cm³/mol. The molecule has 0 amide bonds. The van der Waals surface area contributed by atoms with Gasteiger partial charge in [0.25, 0.3) is 0 Å². The van der Waals surface area contributed by atoms with Gasteiger partial charge in [0, 0.05) is 21.2 Å². The van der Waals surface area contributed by atoms with Gasteiger partial charge < -0.3 is 0 Å². The number of ketones is 2. The van der Waals surface area contributed by atoms with E-state index in [1.807, 2.05) is 0 Å². The Morgan fingerprint density at radius 3 is 1.22 bits per heavy atom. The summed E-state index contributed by atoms with van der Waals surface area (Å²) in [6.07, 6.45) is 0. The van der Waals surface area contributed by atoms with Gasteiger partial charge in [0.05, 0.1) is 22.5 Å². The molecule has 4 rings (SSSR count). The summed E-state index contributed by atoms with van der Waals surface area (Å²) < 4.78 is 0. The molecule has 156 valence electrons. The third-order valence-corrected chi connectivity index (χ3v) is 5.28. The Morgan fingerprint density at radius 1 is 0.500 bits per heavy atom. The van der Waals surface area contributed by atoms with E-state index < -0.39 is 0 Å². The van der Waals surface area contributed by atoms with Gasteiger partial charge in [-0.2, -0.15) is 0 Å². The first-order valence-electron chi connectivity index (χ1n) is 9.73. The molecular formula is C26H16Cl2N2O2. The summed E-state index contributed by atoms with van der Waals surface area (Å²) in [6.45, 7) is 0. The van der Waals surface area contributed by atoms with Crippen molar-refractivity contribution >= 4 is 46.1 Å². The van der Waals surface area contributed by atoms with Gasteiger partial charge in [-0.15, -0.1) is 10.2 Å². The normalized spacial score (nSPS) is 10.9. The van der Waals surface area contributed by atoms with Crippen molar-refractivity contribution in [3.05, 3.63) is 129 Å². The van der Waals surface area contributed by atoms with Crippen LogP contribution in [0.1, 0.15) is 31.8 Å². The van der Waals surface area contributed by atoms with E-state index >= 15 is 0 Å². The molecule has 0 atom stereocenters. The van der Waals surface area contributed by atoms with Gasteiger partial charge in [-0.1, -0.05) is 47.5 Å². The topological polar surface area (TPSA) is 58.9 Å². The molecule has 4 nitrogen and oxygen atoms in total. The van der Waals surface area contributed by atoms with Crippen LogP contribution < -0.4 is 0 Å². The van der Waals surface area contributed by atoms with E-state index in [2.05, 4.69) is 10.2 Å². The van der Waals surface area contributed by atoms with Crippen LogP contribution in [-0.4, -0.2) is 11.6 Å². The van der Waals surface area contributed by atoms with Gasteiger partial charge >= 0.3 is 0 Å². The highest BCUT2D eigenvalue weighted by Gasteiger charge is 2.15. The summed E-state index contributed by atoms with van der Waals surface area (Å²) in [4.78, 5) is 25.9. The number of hydrogen-bond donors (Lipinski definition) is 0. The van der Waals surface area contributed by atoms with Crippen LogP contribution in [-0.2, 0) is 0 Å². The minimum absolute atomic E-state index is 0.193. The molecule has 0 heterocycles. The summed E-state index contributed by atoms with van der Waals surface area (Å²) in [7, 11) is 0. The number of carbonyl (C=O) groups excluding carboxylic acids is 2. The molecule has 0 N–H and O–H groups in total. The molecule has 0 saturated heterocycles. The average molecular weight is 459 g/mol. The summed E-state index contributed by atoms with van der Waals surface area (Å²) >= 11 is 11.8. The summed E-state index contributed by atoms with van der Waals surface area (Å²) in [5, 5.41) is 9.70. The number of nitrogens with zero attached hydrogens (tertiary/aromatic N) is 2. The standard InChI is InChI=1S/C26H16Cl2N2O2/c27-19-13-9-17(10-14-19)25(31)21-5-1-3-7-23(21)29-30-24-8-4-2-6-22(24)26(32)18-11-15-20(28)16-12-18/h1-16H. The van der Waals surface area contributed by atoms with Crippen LogP contribution >= 0.6 is 23.2 Å². The van der Waals surface area contributed by atoms with Gasteiger partial charge in [-0.3, -0.25) is 9.59 Å². The Kier molecular flexibility index (Phi) is 6.55. The first kappa shape index (κ1) is 21.6. The summed E-state index contributed by atoms with van der Waals surface area (Å²) in [6, 6.07) is 27.2. The lowest BCUT2D eigenvalue weighted by atomic mass is 10.0. The lowest BCUT2D eigenvalue weighted by Gasteiger charge is -2.06. The maximum atomic E-state index is 13.0. The van der Waals surface area contributed by atoms with E-state index in [1.165, 1.54) is 0 Å². The molecule has 0 fully saturated rings. The number of azo groups is 1. The predicted octanol–water partition coefficient (Wildman–Crippen LogP) is 7.87. The molecule has 0 spiro atoms. The molecule has 4 aromatic rings. The first-order valence-corrected chi connectivity index (χ1v) is 10.5. The van der Waals surface area contributed by atoms with Crippen molar-refractivity contribution in [2.45, 2.75) is 0 Å². The van der Waals surface area contributed by atoms with Crippen LogP contribution in [0.4, 0.5) is 11.4 Å². The zero-order chi connectivity index (χ0) is 22.5. The van der Waals surface area contributed by atoms with Gasteiger partial charge in [0.2, 0.25) is 0 Å². The van der Waals surface area contributed by atoms with Crippen LogP contribution in [0.5, 0.6) is 0 Å². The Morgan fingerprint density at radius 2 is 0.844 bits per heavy atom. The van der Waals surface area contributed by atoms with Crippen molar-refractivity contribution < 1.29 is 9.59 Å². The van der Waals surface area contributed by atoms with E-state index in [4.69, 9.17) is 23.2 Å². The number of rotatable bonds is 6. The number of carbonyl (C=O) groups is 2. The number of hydrogen-bond acceptors (Lipinski definition) is 4. The molecule has 0 unspecified atom stereocenters. The molecule has 0 saturated carbocycles. The smallest absolute Gasteiger partial charge is 0.195 e. The molecule has 0 aliphatic heterocycles. The van der Waals surface area contributed by atoms with E-state index in [0.29, 0.717) is 43.7 Å². The van der Waals surface area contributed by atoms with Crippen LogP contribution in [0.15, 0.2) is 107 Å². The van der Waals surface area contributed by atoms with E-state index in [9.17, 15) is 9.59 Å². The highest BCUT2D eigenvalue weighted by atomic mass is 35.5. The highest BCUT2D eigenvalue weighted by Crippen LogP contribution is 2.28. The van der Waals surface area contributed by atoms with E-state index in [0.717, 1.165) is 0 Å². The van der Waals surface area contributed by atoms with Crippen LogP contribution in [0.25, 0.3) is 0 Å². The second-order valence-corrected chi connectivity index (χ2v) is 7.78. The van der Waals surface area contributed by atoms with Gasteiger partial charge in [-0.25, -0.2) is 0 Å². The molecule has 0 aliphatic carbocycles. The quantitative estimate of drug-likeness (QED) is 0.218. The van der Waals surface area contributed by atoms with Crippen molar-refractivity contribution in [1.82, 2.24) is 0 Å². The molecule has 32 heavy (non-hydrogen) atoms. The maximum Gasteiger partial charge on any atom is 0.195 e. The zero-order valence-corrected chi connectivity index (χ0v) is 18.2. The minimum atomic E-state index is -0.193. The first-order chi connectivity index (χ1) is 15.5. The molecule has 0 aliphatic rings. The molecule has 6 heteroatoms. The second-order valence-electron chi connectivity index (χ2n) is 6.91. The highest BCUT2D eigenvalue weighted by molar-refractivity contribution is 6.31. The van der Waals surface area contributed by atoms with E-state index in [-0.39, 0.29) is 11.6 Å². The zero-order valence-electron chi connectivity index (χ0n) is 16.7. The Balaban J connectivity index is 1.66. The van der Waals surface area contributed by atoms with Crippen molar-refractivity contribution in [2.75, 3.05) is 0 Å². The number of benzene rings is 4. The monoisotopic (exact) mass is 458 g/mol. The van der Waals surface area contributed by atoms with Crippen molar-refractivity contribution in [2.24, 2.45) is 10.2 Å². The fraction of sp³-hybridized carbons (Fsp3) is 0. The molecule has 0 radical (unpaired) electrons. The SMILES string of the molecule is O=C(c1ccc(Cl)cc1)c1ccccc1N=Nc1ccccc1C(=O)c1ccc(Cl)cc1. The summed E-state index contributed by atoms with van der Waals surface area (Å²) in [5.41, 5.74) is 2.60. The molecule has 4 aromatic carbocycles. The van der Waals surface area contributed by atoms with Gasteiger partial charge in [0.15, 0.2) is 11.6 Å². The third kappa shape index (κ3) is 4.83. The lowest BCUT2D eigenvalue weighted by Crippen LogP contribution is -2.01. The van der Waals surface area contributed by atoms with Gasteiger partial charge in [-0.05, 0) is 72.8 Å². The number of halogens is 2. The van der Waals surface area contributed by atoms with Crippen LogP contribution in [0.2, 0.25) is 10.0 Å². The van der Waals surface area contributed by atoms with Crippen LogP contribution in [0.3, 0.4) is 0 Å². The van der Waals surface area contributed by atoms with Crippen molar-refractivity contribution in [3.8, 4) is 0 Å². The molecular weight excluding hydrogens is 443 g/mol. The van der Waals surface area contributed by atoms with Crippen molar-refractivity contribution in [1.29, 1.82) is 0 Å². The molecule has 0 aromatic heterocycles. The Labute approximate surface area is 195 Å². The second kappa shape index (κ2) is 9.69. The molecule has 0 bridgehead atoms. The third-order valence-electron chi connectivity index (χ3n) is 4.78. The van der Waals surface area contributed by atoms with Crippen molar-refractivity contribution in [3.63, 3.8) is 0 Å². The minimum Gasteiger partial charge on any atom is -0.289 e.